The highest BCUT2D eigenvalue weighted by Gasteiger charge is 2.23. The van der Waals surface area contributed by atoms with Crippen LogP contribution in [0, 0.1) is 5.92 Å². The standard InChI is InChI=1S/C12H18O4/c1-4-6-8-15-11(13)10(3)12(14)16-9-7-5-2/h4-7,10H,8-9H2,1-3H3/b6-4+,7-5+. The maximum Gasteiger partial charge on any atom is 0.320 e. The molecular weight excluding hydrogens is 208 g/mol. The van der Waals surface area contributed by atoms with E-state index in [-0.39, 0.29) is 13.2 Å². The fourth-order valence-electron chi connectivity index (χ4n) is 0.799. The fraction of sp³-hybridized carbons (Fsp3) is 0.500. The third-order valence-corrected chi connectivity index (χ3v) is 1.82. The predicted molar refractivity (Wildman–Crippen MR) is 60.7 cm³/mol. The van der Waals surface area contributed by atoms with Crippen molar-refractivity contribution in [2.24, 2.45) is 5.92 Å². The predicted octanol–water partition coefficient (Wildman–Crippen LogP) is 1.86. The van der Waals surface area contributed by atoms with Gasteiger partial charge in [0.2, 0.25) is 0 Å². The van der Waals surface area contributed by atoms with Crippen LogP contribution in [-0.2, 0) is 19.1 Å². The molecule has 0 rings (SSSR count). The highest BCUT2D eigenvalue weighted by atomic mass is 16.6. The molecule has 0 aromatic carbocycles. The minimum atomic E-state index is -0.879. The first-order chi connectivity index (χ1) is 7.63. The molecular formula is C12H18O4. The fourth-order valence-corrected chi connectivity index (χ4v) is 0.799. The Morgan fingerprint density at radius 2 is 1.38 bits per heavy atom. The van der Waals surface area contributed by atoms with Gasteiger partial charge in [0.1, 0.15) is 13.2 Å². The van der Waals surface area contributed by atoms with Crippen molar-refractivity contribution in [1.29, 1.82) is 0 Å². The van der Waals surface area contributed by atoms with Crippen LogP contribution < -0.4 is 0 Å². The number of hydrogen-bond acceptors (Lipinski definition) is 4. The number of hydrogen-bond donors (Lipinski definition) is 0. The van der Waals surface area contributed by atoms with Gasteiger partial charge < -0.3 is 9.47 Å². The van der Waals surface area contributed by atoms with Gasteiger partial charge in [-0.1, -0.05) is 24.3 Å². The van der Waals surface area contributed by atoms with Gasteiger partial charge in [0.05, 0.1) is 0 Å². The van der Waals surface area contributed by atoms with E-state index in [0.29, 0.717) is 0 Å². The summed E-state index contributed by atoms with van der Waals surface area (Å²) in [6, 6.07) is 0. The highest BCUT2D eigenvalue weighted by Crippen LogP contribution is 2.02. The molecule has 90 valence electrons. The smallest absolute Gasteiger partial charge is 0.320 e. The maximum absolute atomic E-state index is 11.3. The van der Waals surface area contributed by atoms with Gasteiger partial charge in [0, 0.05) is 0 Å². The summed E-state index contributed by atoms with van der Waals surface area (Å²) in [5.41, 5.74) is 0. The molecule has 0 aliphatic heterocycles. The second-order valence-corrected chi connectivity index (χ2v) is 3.12. The molecule has 0 amide bonds. The second-order valence-electron chi connectivity index (χ2n) is 3.12. The summed E-state index contributed by atoms with van der Waals surface area (Å²) in [4.78, 5) is 22.6. The van der Waals surface area contributed by atoms with Crippen LogP contribution in [0.25, 0.3) is 0 Å². The Hall–Kier alpha value is -1.58. The van der Waals surface area contributed by atoms with Gasteiger partial charge in [-0.25, -0.2) is 0 Å². The monoisotopic (exact) mass is 226 g/mol. The number of esters is 2. The SMILES string of the molecule is C/C=C/COC(=O)C(C)C(=O)OC/C=C/C. The zero-order valence-electron chi connectivity index (χ0n) is 9.93. The summed E-state index contributed by atoms with van der Waals surface area (Å²) >= 11 is 0. The quantitative estimate of drug-likeness (QED) is 0.394. The van der Waals surface area contributed by atoms with Crippen LogP contribution in [-0.4, -0.2) is 25.2 Å². The van der Waals surface area contributed by atoms with E-state index < -0.39 is 17.9 Å². The van der Waals surface area contributed by atoms with Crippen LogP contribution in [0.4, 0.5) is 0 Å². The zero-order valence-corrected chi connectivity index (χ0v) is 9.93. The van der Waals surface area contributed by atoms with E-state index in [4.69, 9.17) is 9.47 Å². The Balaban J connectivity index is 3.96. The summed E-state index contributed by atoms with van der Waals surface area (Å²) in [6.45, 7) is 5.48. The Morgan fingerprint density at radius 1 is 1.00 bits per heavy atom. The zero-order chi connectivity index (χ0) is 12.4. The first-order valence-corrected chi connectivity index (χ1v) is 5.19. The Morgan fingerprint density at radius 3 is 1.69 bits per heavy atom. The number of rotatable bonds is 6. The molecule has 0 radical (unpaired) electrons. The van der Waals surface area contributed by atoms with E-state index in [9.17, 15) is 9.59 Å². The molecule has 0 aromatic rings. The molecule has 0 aromatic heterocycles. The summed E-state index contributed by atoms with van der Waals surface area (Å²) in [5, 5.41) is 0. The third-order valence-electron chi connectivity index (χ3n) is 1.82. The molecule has 16 heavy (non-hydrogen) atoms. The van der Waals surface area contributed by atoms with Gasteiger partial charge in [0.25, 0.3) is 0 Å². The largest absolute Gasteiger partial charge is 0.461 e. The average molecular weight is 226 g/mol. The van der Waals surface area contributed by atoms with E-state index in [1.165, 1.54) is 6.92 Å². The lowest BCUT2D eigenvalue weighted by molar-refractivity contribution is -0.159. The van der Waals surface area contributed by atoms with Crippen molar-refractivity contribution in [3.8, 4) is 0 Å². The molecule has 0 N–H and O–H groups in total. The lowest BCUT2D eigenvalue weighted by Gasteiger charge is -2.09. The van der Waals surface area contributed by atoms with Crippen molar-refractivity contribution in [1.82, 2.24) is 0 Å². The van der Waals surface area contributed by atoms with Crippen molar-refractivity contribution in [2.45, 2.75) is 20.8 Å². The summed E-state index contributed by atoms with van der Waals surface area (Å²) in [7, 11) is 0. The molecule has 0 aliphatic rings. The molecule has 0 unspecified atom stereocenters. The van der Waals surface area contributed by atoms with E-state index >= 15 is 0 Å². The van der Waals surface area contributed by atoms with Crippen molar-refractivity contribution < 1.29 is 19.1 Å². The summed E-state index contributed by atoms with van der Waals surface area (Å²) < 4.78 is 9.65. The summed E-state index contributed by atoms with van der Waals surface area (Å²) in [5.74, 6) is -2.01. The molecule has 0 heterocycles. The molecule has 0 bridgehead atoms. The lowest BCUT2D eigenvalue weighted by Crippen LogP contribution is -2.25. The molecule has 4 nitrogen and oxygen atoms in total. The Kier molecular flexibility index (Phi) is 7.85. The molecule has 0 atom stereocenters. The average Bonchev–Trinajstić information content (AvgIpc) is 2.28. The van der Waals surface area contributed by atoms with Crippen LogP contribution in [0.1, 0.15) is 20.8 Å². The van der Waals surface area contributed by atoms with Crippen LogP contribution >= 0.6 is 0 Å². The highest BCUT2D eigenvalue weighted by molar-refractivity contribution is 5.94. The number of carbonyl (C=O) groups excluding carboxylic acids is 2. The normalized spacial score (nSPS) is 11.2. The topological polar surface area (TPSA) is 52.6 Å². The van der Waals surface area contributed by atoms with E-state index in [1.807, 2.05) is 13.8 Å². The second kappa shape index (κ2) is 8.71. The number of carbonyl (C=O) groups is 2. The van der Waals surface area contributed by atoms with Gasteiger partial charge in [-0.05, 0) is 20.8 Å². The summed E-state index contributed by atoms with van der Waals surface area (Å²) in [6.07, 6.45) is 6.91. The van der Waals surface area contributed by atoms with Gasteiger partial charge in [-0.15, -0.1) is 0 Å². The molecule has 0 fully saturated rings. The van der Waals surface area contributed by atoms with Crippen LogP contribution in [0.2, 0.25) is 0 Å². The Labute approximate surface area is 95.9 Å². The number of ether oxygens (including phenoxy) is 2. The van der Waals surface area contributed by atoms with Crippen molar-refractivity contribution in [3.05, 3.63) is 24.3 Å². The molecule has 0 saturated carbocycles. The van der Waals surface area contributed by atoms with Crippen molar-refractivity contribution >= 4 is 11.9 Å². The maximum atomic E-state index is 11.3. The minimum absolute atomic E-state index is 0.182. The van der Waals surface area contributed by atoms with Gasteiger partial charge in [-0.2, -0.15) is 0 Å². The lowest BCUT2D eigenvalue weighted by atomic mass is 10.2. The van der Waals surface area contributed by atoms with Gasteiger partial charge in [0.15, 0.2) is 5.92 Å². The van der Waals surface area contributed by atoms with E-state index in [1.54, 1.807) is 24.3 Å². The minimum Gasteiger partial charge on any atom is -0.461 e. The molecule has 4 heteroatoms. The number of allylic oxidation sites excluding steroid dienone is 2. The van der Waals surface area contributed by atoms with Crippen molar-refractivity contribution in [2.75, 3.05) is 13.2 Å². The molecule has 0 spiro atoms. The third kappa shape index (κ3) is 6.01. The first-order valence-electron chi connectivity index (χ1n) is 5.19. The van der Waals surface area contributed by atoms with Crippen LogP contribution in [0.15, 0.2) is 24.3 Å². The van der Waals surface area contributed by atoms with Crippen LogP contribution in [0.3, 0.4) is 0 Å². The van der Waals surface area contributed by atoms with Crippen molar-refractivity contribution in [3.63, 3.8) is 0 Å². The molecule has 0 aliphatic carbocycles. The van der Waals surface area contributed by atoms with E-state index in [2.05, 4.69) is 0 Å². The molecule has 0 saturated heterocycles. The van der Waals surface area contributed by atoms with Crippen LogP contribution in [0.5, 0.6) is 0 Å². The first kappa shape index (κ1) is 14.4. The van der Waals surface area contributed by atoms with E-state index in [0.717, 1.165) is 0 Å². The van der Waals surface area contributed by atoms with Gasteiger partial charge >= 0.3 is 11.9 Å². The van der Waals surface area contributed by atoms with Gasteiger partial charge in [-0.3, -0.25) is 9.59 Å². The Bertz CT molecular complexity index is 251.